The molecule has 0 saturated heterocycles. The van der Waals surface area contributed by atoms with Crippen molar-refractivity contribution in [1.29, 1.82) is 0 Å². The Morgan fingerprint density at radius 3 is 2.26 bits per heavy atom. The summed E-state index contributed by atoms with van der Waals surface area (Å²) in [6, 6.07) is 7.98. The summed E-state index contributed by atoms with van der Waals surface area (Å²) in [4.78, 5) is 3.94. The van der Waals surface area contributed by atoms with Crippen molar-refractivity contribution in [2.45, 2.75) is 72.6 Å². The third-order valence-corrected chi connectivity index (χ3v) is 4.00. The first-order valence-electron chi connectivity index (χ1n) is 9.00. The zero-order chi connectivity index (χ0) is 16.9. The quantitative estimate of drug-likeness (QED) is 0.526. The molecule has 3 heteroatoms. The van der Waals surface area contributed by atoms with Crippen LogP contribution in [0.15, 0.2) is 35.2 Å². The van der Waals surface area contributed by atoms with E-state index in [1.807, 2.05) is 31.2 Å². The van der Waals surface area contributed by atoms with Crippen molar-refractivity contribution < 1.29 is 4.52 Å². The summed E-state index contributed by atoms with van der Waals surface area (Å²) in [6.45, 7) is 8.98. The second kappa shape index (κ2) is 11.9. The molecule has 1 aromatic heterocycles. The molecule has 0 aliphatic rings. The predicted octanol–water partition coefficient (Wildman–Crippen LogP) is 6.44. The minimum absolute atomic E-state index is 0.634. The molecular weight excluding hydrogens is 284 g/mol. The lowest BCUT2D eigenvalue weighted by Crippen LogP contribution is -1.93. The van der Waals surface area contributed by atoms with Gasteiger partial charge in [-0.3, -0.25) is 0 Å². The Balaban J connectivity index is 0.000000232. The SMILES string of the molecule is CCCCCCC(C)CCC.Cc1ccc(-c2ncon2)cc1. The molecule has 23 heavy (non-hydrogen) atoms. The van der Waals surface area contributed by atoms with Crippen LogP contribution in [-0.2, 0) is 0 Å². The van der Waals surface area contributed by atoms with E-state index in [1.165, 1.54) is 56.9 Å². The van der Waals surface area contributed by atoms with Crippen molar-refractivity contribution in [2.24, 2.45) is 5.92 Å². The number of hydrogen-bond donors (Lipinski definition) is 0. The summed E-state index contributed by atoms with van der Waals surface area (Å²) in [6.07, 6.45) is 11.3. The molecule has 0 amide bonds. The number of nitrogens with zero attached hydrogens (tertiary/aromatic N) is 2. The maximum Gasteiger partial charge on any atom is 0.214 e. The molecule has 0 spiro atoms. The number of unbranched alkanes of at least 4 members (excludes halogenated alkanes) is 3. The first-order valence-corrected chi connectivity index (χ1v) is 9.00. The van der Waals surface area contributed by atoms with Crippen LogP contribution in [0.4, 0.5) is 0 Å². The number of hydrogen-bond acceptors (Lipinski definition) is 3. The molecule has 1 unspecified atom stereocenters. The highest BCUT2D eigenvalue weighted by Crippen LogP contribution is 2.15. The highest BCUT2D eigenvalue weighted by Gasteiger charge is 2.00. The minimum Gasteiger partial charge on any atom is -0.342 e. The van der Waals surface area contributed by atoms with Crippen LogP contribution >= 0.6 is 0 Å². The van der Waals surface area contributed by atoms with E-state index >= 15 is 0 Å². The molecular formula is C20H32N2O. The van der Waals surface area contributed by atoms with Gasteiger partial charge in [0.05, 0.1) is 0 Å². The van der Waals surface area contributed by atoms with E-state index in [9.17, 15) is 0 Å². The molecule has 0 aliphatic heterocycles. The largest absolute Gasteiger partial charge is 0.342 e. The predicted molar refractivity (Wildman–Crippen MR) is 97.3 cm³/mol. The van der Waals surface area contributed by atoms with Crippen LogP contribution in [0.1, 0.15) is 71.3 Å². The van der Waals surface area contributed by atoms with Crippen LogP contribution in [0.2, 0.25) is 0 Å². The van der Waals surface area contributed by atoms with Gasteiger partial charge in [-0.05, 0) is 12.8 Å². The lowest BCUT2D eigenvalue weighted by atomic mass is 9.98. The fourth-order valence-corrected chi connectivity index (χ4v) is 2.56. The summed E-state index contributed by atoms with van der Waals surface area (Å²) in [7, 11) is 0. The average Bonchev–Trinajstić information content (AvgIpc) is 3.08. The van der Waals surface area contributed by atoms with Gasteiger partial charge in [0, 0.05) is 5.56 Å². The Hall–Kier alpha value is -1.64. The van der Waals surface area contributed by atoms with E-state index < -0.39 is 0 Å². The molecule has 0 aliphatic carbocycles. The van der Waals surface area contributed by atoms with E-state index in [2.05, 4.69) is 35.4 Å². The molecule has 2 rings (SSSR count). The molecule has 0 fully saturated rings. The van der Waals surface area contributed by atoms with Gasteiger partial charge in [0.25, 0.3) is 0 Å². The van der Waals surface area contributed by atoms with Gasteiger partial charge < -0.3 is 4.52 Å². The number of rotatable bonds is 8. The Morgan fingerprint density at radius 2 is 1.70 bits per heavy atom. The van der Waals surface area contributed by atoms with Gasteiger partial charge >= 0.3 is 0 Å². The summed E-state index contributed by atoms with van der Waals surface area (Å²) >= 11 is 0. The Morgan fingerprint density at radius 1 is 0.957 bits per heavy atom. The normalized spacial score (nSPS) is 11.7. The lowest BCUT2D eigenvalue weighted by Gasteiger charge is -2.08. The van der Waals surface area contributed by atoms with Gasteiger partial charge in [0.15, 0.2) is 0 Å². The number of benzene rings is 1. The van der Waals surface area contributed by atoms with Crippen LogP contribution in [0.5, 0.6) is 0 Å². The van der Waals surface area contributed by atoms with Crippen molar-refractivity contribution >= 4 is 0 Å². The van der Waals surface area contributed by atoms with Gasteiger partial charge in [0.2, 0.25) is 12.2 Å². The highest BCUT2D eigenvalue weighted by molar-refractivity contribution is 5.54. The molecule has 1 heterocycles. The zero-order valence-corrected chi connectivity index (χ0v) is 15.2. The third-order valence-electron chi connectivity index (χ3n) is 4.00. The summed E-state index contributed by atoms with van der Waals surface area (Å²) < 4.78 is 4.64. The van der Waals surface area contributed by atoms with Crippen LogP contribution < -0.4 is 0 Å². The molecule has 1 atom stereocenters. The first-order chi connectivity index (χ1) is 11.2. The molecule has 128 valence electrons. The van der Waals surface area contributed by atoms with E-state index in [4.69, 9.17) is 0 Å². The van der Waals surface area contributed by atoms with E-state index in [0.29, 0.717) is 5.82 Å². The first kappa shape index (κ1) is 19.4. The number of aryl methyl sites for hydroxylation is 1. The van der Waals surface area contributed by atoms with E-state index in [1.54, 1.807) is 0 Å². The molecule has 0 radical (unpaired) electrons. The summed E-state index contributed by atoms with van der Waals surface area (Å²) in [5.41, 5.74) is 2.21. The highest BCUT2D eigenvalue weighted by atomic mass is 16.5. The zero-order valence-electron chi connectivity index (χ0n) is 15.2. The number of aromatic nitrogens is 2. The molecule has 3 nitrogen and oxygen atoms in total. The fraction of sp³-hybridized carbons (Fsp3) is 0.600. The minimum atomic E-state index is 0.634. The van der Waals surface area contributed by atoms with Crippen LogP contribution in [0.25, 0.3) is 11.4 Å². The molecule has 1 aromatic carbocycles. The fourth-order valence-electron chi connectivity index (χ4n) is 2.56. The Bertz CT molecular complexity index is 491. The summed E-state index contributed by atoms with van der Waals surface area (Å²) in [5.74, 6) is 1.60. The van der Waals surface area contributed by atoms with Crippen LogP contribution in [0, 0.1) is 12.8 Å². The van der Waals surface area contributed by atoms with Gasteiger partial charge in [-0.15, -0.1) is 0 Å². The summed E-state index contributed by atoms with van der Waals surface area (Å²) in [5, 5.41) is 3.73. The van der Waals surface area contributed by atoms with Crippen molar-refractivity contribution in [2.75, 3.05) is 0 Å². The van der Waals surface area contributed by atoms with Gasteiger partial charge in [-0.2, -0.15) is 4.98 Å². The average molecular weight is 316 g/mol. The third kappa shape index (κ3) is 8.53. The van der Waals surface area contributed by atoms with Crippen molar-refractivity contribution in [3.63, 3.8) is 0 Å². The van der Waals surface area contributed by atoms with Gasteiger partial charge in [0.1, 0.15) is 0 Å². The Kier molecular flexibility index (Phi) is 10.0. The second-order valence-electron chi connectivity index (χ2n) is 6.36. The maximum atomic E-state index is 4.64. The van der Waals surface area contributed by atoms with Crippen LogP contribution in [-0.4, -0.2) is 10.1 Å². The van der Waals surface area contributed by atoms with E-state index in [0.717, 1.165) is 11.5 Å². The molecule has 0 bridgehead atoms. The van der Waals surface area contributed by atoms with Crippen molar-refractivity contribution in [3.8, 4) is 11.4 Å². The van der Waals surface area contributed by atoms with Gasteiger partial charge in [-0.1, -0.05) is 101 Å². The maximum absolute atomic E-state index is 4.64. The van der Waals surface area contributed by atoms with Crippen molar-refractivity contribution in [3.05, 3.63) is 36.2 Å². The molecule has 0 saturated carbocycles. The monoisotopic (exact) mass is 316 g/mol. The van der Waals surface area contributed by atoms with Gasteiger partial charge in [-0.25, -0.2) is 0 Å². The lowest BCUT2D eigenvalue weighted by molar-refractivity contribution is 0.419. The van der Waals surface area contributed by atoms with Crippen LogP contribution in [0.3, 0.4) is 0 Å². The topological polar surface area (TPSA) is 38.9 Å². The van der Waals surface area contributed by atoms with Crippen molar-refractivity contribution in [1.82, 2.24) is 10.1 Å². The molecule has 2 aromatic rings. The molecule has 0 N–H and O–H groups in total. The second-order valence-corrected chi connectivity index (χ2v) is 6.36. The standard InChI is InChI=1S/C11H24.C9H8N2O/c1-4-6-7-8-10-11(3)9-5-2;1-7-2-4-8(5-3-7)9-10-6-12-11-9/h11H,4-10H2,1-3H3;2-6H,1H3. The Labute approximate surface area is 141 Å². The smallest absolute Gasteiger partial charge is 0.214 e. The van der Waals surface area contributed by atoms with E-state index in [-0.39, 0.29) is 0 Å².